The number of halogens is 4. The predicted molar refractivity (Wildman–Crippen MR) is 64.0 cm³/mol. The first-order valence-corrected chi connectivity index (χ1v) is 5.95. The predicted octanol–water partition coefficient (Wildman–Crippen LogP) is 2.95. The number of benzene rings is 1. The zero-order valence-electron chi connectivity index (χ0n) is 10.8. The fourth-order valence-electron chi connectivity index (χ4n) is 1.66. The molecule has 0 heterocycles. The minimum Gasteiger partial charge on any atom is -0.395 e. The Hall–Kier alpha value is -1.14. The van der Waals surface area contributed by atoms with Crippen molar-refractivity contribution in [3.8, 4) is 0 Å². The van der Waals surface area contributed by atoms with Gasteiger partial charge < -0.3 is 10.4 Å². The molecule has 0 aliphatic heterocycles. The maximum atomic E-state index is 13.1. The average Bonchev–Trinajstić information content (AvgIpc) is 2.30. The molecule has 0 amide bonds. The smallest absolute Gasteiger partial charge is 0.395 e. The normalized spacial score (nSPS) is 13.9. The van der Waals surface area contributed by atoms with Crippen molar-refractivity contribution in [3.63, 3.8) is 0 Å². The molecule has 0 saturated heterocycles. The Bertz CT molecular complexity index is 418. The van der Waals surface area contributed by atoms with Crippen LogP contribution in [-0.2, 0) is 12.7 Å². The van der Waals surface area contributed by atoms with Gasteiger partial charge in [-0.3, -0.25) is 0 Å². The van der Waals surface area contributed by atoms with Crippen LogP contribution in [0.3, 0.4) is 0 Å². The van der Waals surface area contributed by atoms with Gasteiger partial charge in [0.05, 0.1) is 12.2 Å². The SMILES string of the molecule is CC(C)C(CO)NCc1ccc(F)c(C(F)(F)F)c1. The lowest BCUT2D eigenvalue weighted by molar-refractivity contribution is -0.140. The van der Waals surface area contributed by atoms with E-state index in [0.717, 1.165) is 12.1 Å². The van der Waals surface area contributed by atoms with Gasteiger partial charge in [0.15, 0.2) is 0 Å². The number of rotatable bonds is 5. The molecule has 0 fully saturated rings. The number of aliphatic hydroxyl groups is 1. The van der Waals surface area contributed by atoms with E-state index in [9.17, 15) is 17.6 Å². The minimum absolute atomic E-state index is 0.106. The van der Waals surface area contributed by atoms with Crippen LogP contribution in [0.1, 0.15) is 25.0 Å². The molecule has 108 valence electrons. The summed E-state index contributed by atoms with van der Waals surface area (Å²) in [5.41, 5.74) is -0.940. The van der Waals surface area contributed by atoms with E-state index in [4.69, 9.17) is 5.11 Å². The molecule has 1 unspecified atom stereocenters. The summed E-state index contributed by atoms with van der Waals surface area (Å²) < 4.78 is 50.6. The highest BCUT2D eigenvalue weighted by molar-refractivity contribution is 5.27. The van der Waals surface area contributed by atoms with Crippen LogP contribution in [0.15, 0.2) is 18.2 Å². The Morgan fingerprint density at radius 2 is 1.89 bits per heavy atom. The van der Waals surface area contributed by atoms with Crippen molar-refractivity contribution in [1.82, 2.24) is 5.32 Å². The van der Waals surface area contributed by atoms with Crippen molar-refractivity contribution in [2.45, 2.75) is 32.6 Å². The van der Waals surface area contributed by atoms with Crippen molar-refractivity contribution < 1.29 is 22.7 Å². The largest absolute Gasteiger partial charge is 0.419 e. The quantitative estimate of drug-likeness (QED) is 0.812. The summed E-state index contributed by atoms with van der Waals surface area (Å²) in [6, 6.07) is 2.69. The van der Waals surface area contributed by atoms with Gasteiger partial charge in [-0.2, -0.15) is 13.2 Å². The van der Waals surface area contributed by atoms with Crippen molar-refractivity contribution >= 4 is 0 Å². The van der Waals surface area contributed by atoms with E-state index in [1.807, 2.05) is 13.8 Å². The molecule has 0 saturated carbocycles. The summed E-state index contributed by atoms with van der Waals surface area (Å²) in [7, 11) is 0. The third-order valence-electron chi connectivity index (χ3n) is 2.91. The highest BCUT2D eigenvalue weighted by atomic mass is 19.4. The van der Waals surface area contributed by atoms with E-state index < -0.39 is 17.6 Å². The number of hydrogen-bond donors (Lipinski definition) is 2. The summed E-state index contributed by atoms with van der Waals surface area (Å²) in [5.74, 6) is -1.13. The lowest BCUT2D eigenvalue weighted by atomic mass is 10.0. The Labute approximate surface area is 109 Å². The molecule has 0 aromatic heterocycles. The van der Waals surface area contributed by atoms with E-state index in [1.165, 1.54) is 6.07 Å². The van der Waals surface area contributed by atoms with Crippen molar-refractivity contribution in [3.05, 3.63) is 35.1 Å². The maximum absolute atomic E-state index is 13.1. The second-order valence-electron chi connectivity index (χ2n) is 4.73. The van der Waals surface area contributed by atoms with Gasteiger partial charge in [0.2, 0.25) is 0 Å². The summed E-state index contributed by atoms with van der Waals surface area (Å²) in [4.78, 5) is 0. The van der Waals surface area contributed by atoms with Crippen LogP contribution in [0.5, 0.6) is 0 Å². The van der Waals surface area contributed by atoms with Crippen LogP contribution in [-0.4, -0.2) is 17.8 Å². The summed E-state index contributed by atoms with van der Waals surface area (Å²) in [6.07, 6.45) is -4.70. The summed E-state index contributed by atoms with van der Waals surface area (Å²) in [6.45, 7) is 3.82. The molecule has 0 aliphatic carbocycles. The molecule has 0 spiro atoms. The minimum atomic E-state index is -4.70. The lowest BCUT2D eigenvalue weighted by Gasteiger charge is -2.20. The molecular weight excluding hydrogens is 262 g/mol. The fraction of sp³-hybridized carbons (Fsp3) is 0.538. The van der Waals surface area contributed by atoms with Crippen molar-refractivity contribution in [2.24, 2.45) is 5.92 Å². The third kappa shape index (κ3) is 4.47. The third-order valence-corrected chi connectivity index (χ3v) is 2.91. The molecule has 1 aromatic rings. The van der Waals surface area contributed by atoms with E-state index >= 15 is 0 Å². The van der Waals surface area contributed by atoms with E-state index in [2.05, 4.69) is 5.32 Å². The highest BCUT2D eigenvalue weighted by Gasteiger charge is 2.34. The number of aliphatic hydroxyl groups excluding tert-OH is 1. The highest BCUT2D eigenvalue weighted by Crippen LogP contribution is 2.31. The van der Waals surface area contributed by atoms with E-state index in [1.54, 1.807) is 0 Å². The van der Waals surface area contributed by atoms with Crippen LogP contribution in [0.4, 0.5) is 17.6 Å². The van der Waals surface area contributed by atoms with Gasteiger partial charge in [-0.25, -0.2) is 4.39 Å². The Morgan fingerprint density at radius 1 is 1.26 bits per heavy atom. The molecule has 1 rings (SSSR count). The molecule has 1 atom stereocenters. The summed E-state index contributed by atoms with van der Waals surface area (Å²) in [5, 5.41) is 12.0. The van der Waals surface area contributed by atoms with E-state index in [0.29, 0.717) is 5.56 Å². The fourth-order valence-corrected chi connectivity index (χ4v) is 1.66. The maximum Gasteiger partial charge on any atom is 0.419 e. The first-order valence-electron chi connectivity index (χ1n) is 5.95. The topological polar surface area (TPSA) is 32.3 Å². The van der Waals surface area contributed by atoms with Gasteiger partial charge in [-0.05, 0) is 23.6 Å². The van der Waals surface area contributed by atoms with Crippen LogP contribution in [0, 0.1) is 11.7 Å². The zero-order valence-corrected chi connectivity index (χ0v) is 10.8. The summed E-state index contributed by atoms with van der Waals surface area (Å²) >= 11 is 0. The Morgan fingerprint density at radius 3 is 2.37 bits per heavy atom. The second-order valence-corrected chi connectivity index (χ2v) is 4.73. The van der Waals surface area contributed by atoms with Gasteiger partial charge in [0.25, 0.3) is 0 Å². The number of nitrogens with one attached hydrogen (secondary N) is 1. The van der Waals surface area contributed by atoms with Gasteiger partial charge in [0, 0.05) is 12.6 Å². The zero-order chi connectivity index (χ0) is 14.6. The van der Waals surface area contributed by atoms with Crippen molar-refractivity contribution in [1.29, 1.82) is 0 Å². The van der Waals surface area contributed by atoms with Gasteiger partial charge in [0.1, 0.15) is 5.82 Å². The number of hydrogen-bond acceptors (Lipinski definition) is 2. The molecule has 19 heavy (non-hydrogen) atoms. The van der Waals surface area contributed by atoms with Crippen LogP contribution in [0.25, 0.3) is 0 Å². The Kier molecular flexibility index (Phi) is 5.31. The molecule has 0 aliphatic rings. The van der Waals surface area contributed by atoms with Crippen LogP contribution >= 0.6 is 0 Å². The molecule has 1 aromatic carbocycles. The number of alkyl halides is 3. The molecular formula is C13H17F4NO. The van der Waals surface area contributed by atoms with Crippen molar-refractivity contribution in [2.75, 3.05) is 6.61 Å². The van der Waals surface area contributed by atoms with Gasteiger partial charge >= 0.3 is 6.18 Å². The van der Waals surface area contributed by atoms with Crippen LogP contribution < -0.4 is 5.32 Å². The second kappa shape index (κ2) is 6.34. The standard InChI is InChI=1S/C13H17F4NO/c1-8(2)12(7-19)18-6-9-3-4-11(14)10(5-9)13(15,16)17/h3-5,8,12,18-19H,6-7H2,1-2H3. The lowest BCUT2D eigenvalue weighted by Crippen LogP contribution is -2.36. The van der Waals surface area contributed by atoms with Gasteiger partial charge in [-0.15, -0.1) is 0 Å². The molecule has 6 heteroatoms. The first kappa shape index (κ1) is 15.9. The van der Waals surface area contributed by atoms with Gasteiger partial charge in [-0.1, -0.05) is 19.9 Å². The first-order chi connectivity index (χ1) is 8.75. The molecule has 0 radical (unpaired) electrons. The average molecular weight is 279 g/mol. The monoisotopic (exact) mass is 279 g/mol. The Balaban J connectivity index is 2.81. The molecule has 2 N–H and O–H groups in total. The van der Waals surface area contributed by atoms with Crippen LogP contribution in [0.2, 0.25) is 0 Å². The molecule has 0 bridgehead atoms. The van der Waals surface area contributed by atoms with E-state index in [-0.39, 0.29) is 25.1 Å². The molecule has 2 nitrogen and oxygen atoms in total.